The molecule has 2 aromatic rings. The number of hydrogen-bond acceptors (Lipinski definition) is 2. The molecule has 2 rings (SSSR count). The zero-order valence-electron chi connectivity index (χ0n) is 9.17. The molecule has 0 fully saturated rings. The molecule has 17 heavy (non-hydrogen) atoms. The van der Waals surface area contributed by atoms with Gasteiger partial charge in [-0.1, -0.05) is 18.1 Å². The third kappa shape index (κ3) is 3.24. The molecule has 0 aromatic heterocycles. The number of thiol groups is 1. The van der Waals surface area contributed by atoms with Crippen molar-refractivity contribution in [1.29, 1.82) is 0 Å². The molecule has 0 saturated heterocycles. The van der Waals surface area contributed by atoms with Crippen LogP contribution in [-0.4, -0.2) is 6.21 Å². The summed E-state index contributed by atoms with van der Waals surface area (Å²) < 4.78 is 0. The van der Waals surface area contributed by atoms with Gasteiger partial charge in [-0.25, -0.2) is 0 Å². The summed E-state index contributed by atoms with van der Waals surface area (Å²) in [7, 11) is 0. The SMILES string of the molecule is C#Cc1ccc(C=Nc2ccc(S)cc2)cc1. The van der Waals surface area contributed by atoms with Gasteiger partial charge in [0.25, 0.3) is 0 Å². The van der Waals surface area contributed by atoms with Gasteiger partial charge in [0, 0.05) is 16.7 Å². The molecule has 0 bridgehead atoms. The lowest BCUT2D eigenvalue weighted by Gasteiger charge is -1.95. The zero-order valence-corrected chi connectivity index (χ0v) is 10.1. The lowest BCUT2D eigenvalue weighted by molar-refractivity contribution is 1.43. The van der Waals surface area contributed by atoms with Crippen LogP contribution >= 0.6 is 12.6 Å². The van der Waals surface area contributed by atoms with E-state index in [4.69, 9.17) is 6.42 Å². The fourth-order valence-electron chi connectivity index (χ4n) is 1.35. The maximum Gasteiger partial charge on any atom is 0.0630 e. The van der Waals surface area contributed by atoms with Gasteiger partial charge in [0.1, 0.15) is 0 Å². The first-order valence-electron chi connectivity index (χ1n) is 5.18. The molecule has 2 aromatic carbocycles. The van der Waals surface area contributed by atoms with E-state index in [9.17, 15) is 0 Å². The minimum Gasteiger partial charge on any atom is -0.256 e. The van der Waals surface area contributed by atoms with E-state index in [1.807, 2.05) is 54.7 Å². The van der Waals surface area contributed by atoms with Gasteiger partial charge < -0.3 is 0 Å². The van der Waals surface area contributed by atoms with E-state index in [-0.39, 0.29) is 0 Å². The molecule has 0 atom stereocenters. The van der Waals surface area contributed by atoms with Crippen molar-refractivity contribution >= 4 is 24.5 Å². The van der Waals surface area contributed by atoms with Gasteiger partial charge in [0.05, 0.1) is 5.69 Å². The van der Waals surface area contributed by atoms with Crippen LogP contribution in [0, 0.1) is 12.3 Å². The summed E-state index contributed by atoms with van der Waals surface area (Å²) in [6.07, 6.45) is 7.10. The molecular weight excluding hydrogens is 226 g/mol. The number of hydrogen-bond donors (Lipinski definition) is 1. The number of terminal acetylenes is 1. The van der Waals surface area contributed by atoms with Crippen LogP contribution in [0.2, 0.25) is 0 Å². The van der Waals surface area contributed by atoms with Gasteiger partial charge in [0.15, 0.2) is 0 Å². The highest BCUT2D eigenvalue weighted by molar-refractivity contribution is 7.80. The number of rotatable bonds is 2. The highest BCUT2D eigenvalue weighted by atomic mass is 32.1. The lowest BCUT2D eigenvalue weighted by Crippen LogP contribution is -1.81. The summed E-state index contributed by atoms with van der Waals surface area (Å²) in [4.78, 5) is 5.30. The van der Waals surface area contributed by atoms with E-state index in [0.29, 0.717) is 0 Å². The minimum atomic E-state index is 0.876. The smallest absolute Gasteiger partial charge is 0.0630 e. The molecule has 0 amide bonds. The van der Waals surface area contributed by atoms with E-state index in [0.717, 1.165) is 21.7 Å². The molecular formula is C15H11NS. The van der Waals surface area contributed by atoms with Crippen molar-refractivity contribution in [3.63, 3.8) is 0 Å². The second-order valence-corrected chi connectivity index (χ2v) is 4.06. The standard InChI is InChI=1S/C15H11NS/c1-2-12-3-5-13(6-4-12)11-16-14-7-9-15(17)10-8-14/h1,3-11,17H. The second kappa shape index (κ2) is 5.38. The normalized spacial score (nSPS) is 10.4. The first-order valence-corrected chi connectivity index (χ1v) is 5.62. The quantitative estimate of drug-likeness (QED) is 0.464. The van der Waals surface area contributed by atoms with Gasteiger partial charge >= 0.3 is 0 Å². The number of benzene rings is 2. The summed E-state index contributed by atoms with van der Waals surface area (Å²) in [6, 6.07) is 15.4. The Hall–Kier alpha value is -1.98. The van der Waals surface area contributed by atoms with Crippen LogP contribution in [0.25, 0.3) is 0 Å². The summed E-state index contributed by atoms with van der Waals surface area (Å²) in [5.41, 5.74) is 2.81. The first kappa shape index (κ1) is 11.5. The van der Waals surface area contributed by atoms with Crippen molar-refractivity contribution in [2.75, 3.05) is 0 Å². The third-order valence-corrected chi connectivity index (χ3v) is 2.59. The predicted molar refractivity (Wildman–Crippen MR) is 75.3 cm³/mol. The topological polar surface area (TPSA) is 12.4 Å². The largest absolute Gasteiger partial charge is 0.256 e. The highest BCUT2D eigenvalue weighted by Crippen LogP contribution is 2.15. The molecule has 0 radical (unpaired) electrons. The number of aliphatic imine (C=N–C) groups is 1. The fraction of sp³-hybridized carbons (Fsp3) is 0. The Kier molecular flexibility index (Phi) is 3.64. The van der Waals surface area contributed by atoms with Crippen LogP contribution in [0.4, 0.5) is 5.69 Å². The van der Waals surface area contributed by atoms with E-state index in [2.05, 4.69) is 23.5 Å². The highest BCUT2D eigenvalue weighted by Gasteiger charge is 1.90. The molecule has 0 aliphatic heterocycles. The first-order chi connectivity index (χ1) is 8.28. The maximum atomic E-state index is 5.29. The van der Waals surface area contributed by atoms with Crippen molar-refractivity contribution < 1.29 is 0 Å². The maximum absolute atomic E-state index is 5.29. The summed E-state index contributed by atoms with van der Waals surface area (Å²) in [5.74, 6) is 2.58. The van der Waals surface area contributed by atoms with Crippen LogP contribution in [-0.2, 0) is 0 Å². The van der Waals surface area contributed by atoms with Crippen LogP contribution in [0.15, 0.2) is 58.4 Å². The second-order valence-electron chi connectivity index (χ2n) is 3.54. The van der Waals surface area contributed by atoms with Crippen LogP contribution in [0.5, 0.6) is 0 Å². The van der Waals surface area contributed by atoms with Crippen molar-refractivity contribution in [1.82, 2.24) is 0 Å². The van der Waals surface area contributed by atoms with Crippen LogP contribution in [0.1, 0.15) is 11.1 Å². The van der Waals surface area contributed by atoms with Crippen molar-refractivity contribution in [3.8, 4) is 12.3 Å². The molecule has 0 saturated carbocycles. The predicted octanol–water partition coefficient (Wildman–Crippen LogP) is 3.71. The average Bonchev–Trinajstić information content (AvgIpc) is 2.39. The third-order valence-electron chi connectivity index (χ3n) is 2.29. The Balaban J connectivity index is 2.14. The minimum absolute atomic E-state index is 0.876. The molecule has 2 heteroatoms. The molecule has 82 valence electrons. The lowest BCUT2D eigenvalue weighted by atomic mass is 10.1. The summed E-state index contributed by atoms with van der Waals surface area (Å²) >= 11 is 4.22. The molecule has 0 heterocycles. The van der Waals surface area contributed by atoms with Gasteiger partial charge in [-0.05, 0) is 42.0 Å². The monoisotopic (exact) mass is 237 g/mol. The molecule has 1 nitrogen and oxygen atoms in total. The van der Waals surface area contributed by atoms with Gasteiger partial charge in [0.2, 0.25) is 0 Å². The molecule has 0 aliphatic rings. The van der Waals surface area contributed by atoms with Gasteiger partial charge in [-0.15, -0.1) is 19.1 Å². The molecule has 0 unspecified atom stereocenters. The molecule has 0 spiro atoms. The Morgan fingerprint density at radius 3 is 2.24 bits per heavy atom. The van der Waals surface area contributed by atoms with Crippen LogP contribution < -0.4 is 0 Å². The van der Waals surface area contributed by atoms with E-state index in [1.165, 1.54) is 0 Å². The van der Waals surface area contributed by atoms with Crippen molar-refractivity contribution in [2.45, 2.75) is 4.90 Å². The van der Waals surface area contributed by atoms with E-state index < -0.39 is 0 Å². The average molecular weight is 237 g/mol. The fourth-order valence-corrected chi connectivity index (χ4v) is 1.50. The Labute approximate surface area is 107 Å². The van der Waals surface area contributed by atoms with Crippen molar-refractivity contribution in [2.24, 2.45) is 4.99 Å². The van der Waals surface area contributed by atoms with Gasteiger partial charge in [-0.3, -0.25) is 4.99 Å². The molecule has 0 aliphatic carbocycles. The molecule has 0 N–H and O–H groups in total. The number of nitrogens with zero attached hydrogens (tertiary/aromatic N) is 1. The van der Waals surface area contributed by atoms with E-state index in [1.54, 1.807) is 0 Å². The summed E-state index contributed by atoms with van der Waals surface area (Å²) in [6.45, 7) is 0. The van der Waals surface area contributed by atoms with Crippen molar-refractivity contribution in [3.05, 3.63) is 59.7 Å². The van der Waals surface area contributed by atoms with E-state index >= 15 is 0 Å². The Morgan fingerprint density at radius 2 is 1.65 bits per heavy atom. The summed E-state index contributed by atoms with van der Waals surface area (Å²) in [5, 5.41) is 0. The Morgan fingerprint density at radius 1 is 1.00 bits per heavy atom. The van der Waals surface area contributed by atoms with Gasteiger partial charge in [-0.2, -0.15) is 0 Å². The zero-order chi connectivity index (χ0) is 12.1. The Bertz CT molecular complexity index is 559. The van der Waals surface area contributed by atoms with Crippen LogP contribution in [0.3, 0.4) is 0 Å².